The van der Waals surface area contributed by atoms with E-state index in [1.807, 2.05) is 25.1 Å². The van der Waals surface area contributed by atoms with E-state index in [0.717, 1.165) is 12.8 Å². The van der Waals surface area contributed by atoms with Crippen molar-refractivity contribution in [3.05, 3.63) is 58.6 Å². The molecule has 0 atom stereocenters. The van der Waals surface area contributed by atoms with Gasteiger partial charge in [0.2, 0.25) is 0 Å². The Kier molecular flexibility index (Phi) is 5.73. The van der Waals surface area contributed by atoms with Crippen LogP contribution in [-0.2, 0) is 10.0 Å². The normalized spacial score (nSPS) is 11.4. The van der Waals surface area contributed by atoms with Gasteiger partial charge >= 0.3 is 0 Å². The predicted molar refractivity (Wildman–Crippen MR) is 92.3 cm³/mol. The third-order valence-corrected chi connectivity index (χ3v) is 5.76. The van der Waals surface area contributed by atoms with Crippen LogP contribution in [0, 0.1) is 0 Å². The van der Waals surface area contributed by atoms with Gasteiger partial charge in [0, 0.05) is 11.6 Å². The van der Waals surface area contributed by atoms with Gasteiger partial charge in [0.1, 0.15) is 4.90 Å². The maximum absolute atomic E-state index is 13.0. The van der Waals surface area contributed by atoms with Crippen LogP contribution >= 0.6 is 23.2 Å². The van der Waals surface area contributed by atoms with Crippen molar-refractivity contribution in [2.75, 3.05) is 10.8 Å². The van der Waals surface area contributed by atoms with Gasteiger partial charge in [0.15, 0.2) is 0 Å². The molecule has 2 aromatic rings. The third kappa shape index (κ3) is 3.75. The average Bonchev–Trinajstić information content (AvgIpc) is 2.51. The fourth-order valence-electron chi connectivity index (χ4n) is 2.08. The van der Waals surface area contributed by atoms with E-state index in [-0.39, 0.29) is 9.92 Å². The van der Waals surface area contributed by atoms with Crippen LogP contribution in [0.15, 0.2) is 53.4 Å². The van der Waals surface area contributed by atoms with E-state index in [2.05, 4.69) is 0 Å². The van der Waals surface area contributed by atoms with E-state index in [0.29, 0.717) is 17.3 Å². The van der Waals surface area contributed by atoms with Crippen LogP contribution in [0.5, 0.6) is 0 Å². The summed E-state index contributed by atoms with van der Waals surface area (Å²) in [6.45, 7) is 2.41. The maximum Gasteiger partial charge on any atom is 0.265 e. The molecule has 0 aliphatic heterocycles. The summed E-state index contributed by atoms with van der Waals surface area (Å²) >= 11 is 12.0. The Morgan fingerprint density at radius 3 is 2.36 bits per heavy atom. The molecule has 0 bridgehead atoms. The van der Waals surface area contributed by atoms with Gasteiger partial charge < -0.3 is 0 Å². The van der Waals surface area contributed by atoms with Crippen molar-refractivity contribution >= 4 is 38.9 Å². The number of benzene rings is 2. The average molecular weight is 358 g/mol. The SMILES string of the molecule is CCCCN(c1ccccc1)S(=O)(=O)c1cc(Cl)ccc1Cl. The topological polar surface area (TPSA) is 37.4 Å². The van der Waals surface area contributed by atoms with Crippen LogP contribution in [0.4, 0.5) is 5.69 Å². The summed E-state index contributed by atoms with van der Waals surface area (Å²) in [6, 6.07) is 13.5. The highest BCUT2D eigenvalue weighted by atomic mass is 35.5. The van der Waals surface area contributed by atoms with Gasteiger partial charge in [-0.25, -0.2) is 8.42 Å². The Balaban J connectivity index is 2.52. The number of unbranched alkanes of at least 4 members (excludes halogenated alkanes) is 1. The fourth-order valence-corrected chi connectivity index (χ4v) is 4.32. The smallest absolute Gasteiger partial charge is 0.265 e. The van der Waals surface area contributed by atoms with Gasteiger partial charge in [-0.1, -0.05) is 54.7 Å². The first-order chi connectivity index (χ1) is 10.5. The highest BCUT2D eigenvalue weighted by Gasteiger charge is 2.27. The molecule has 0 fully saturated rings. The summed E-state index contributed by atoms with van der Waals surface area (Å²) in [5.41, 5.74) is 0.618. The zero-order valence-corrected chi connectivity index (χ0v) is 14.5. The van der Waals surface area contributed by atoms with Crippen molar-refractivity contribution in [3.63, 3.8) is 0 Å². The molecular formula is C16H17Cl2NO2S. The van der Waals surface area contributed by atoms with E-state index in [1.54, 1.807) is 18.2 Å². The van der Waals surface area contributed by atoms with E-state index in [4.69, 9.17) is 23.2 Å². The Labute approximate surface area is 141 Å². The Morgan fingerprint density at radius 1 is 1.05 bits per heavy atom. The molecule has 0 amide bonds. The van der Waals surface area contributed by atoms with Crippen LogP contribution in [-0.4, -0.2) is 15.0 Å². The third-order valence-electron chi connectivity index (χ3n) is 3.22. The van der Waals surface area contributed by atoms with Crippen LogP contribution < -0.4 is 4.31 Å². The number of rotatable bonds is 6. The quantitative estimate of drug-likeness (QED) is 0.730. The number of nitrogens with zero attached hydrogens (tertiary/aromatic N) is 1. The summed E-state index contributed by atoms with van der Waals surface area (Å²) in [4.78, 5) is 0.0293. The molecule has 0 N–H and O–H groups in total. The minimum atomic E-state index is -3.76. The number of hydrogen-bond acceptors (Lipinski definition) is 2. The second-order valence-electron chi connectivity index (χ2n) is 4.84. The molecule has 0 aliphatic rings. The van der Waals surface area contributed by atoms with Crippen LogP contribution in [0.3, 0.4) is 0 Å². The predicted octanol–water partition coefficient (Wildman–Crippen LogP) is 4.99. The maximum atomic E-state index is 13.0. The first-order valence-corrected chi connectivity index (χ1v) is 9.19. The van der Waals surface area contributed by atoms with Gasteiger partial charge in [-0.15, -0.1) is 0 Å². The van der Waals surface area contributed by atoms with Crippen LogP contribution in [0.1, 0.15) is 19.8 Å². The molecule has 3 nitrogen and oxygen atoms in total. The Morgan fingerprint density at radius 2 is 1.73 bits per heavy atom. The summed E-state index contributed by atoms with van der Waals surface area (Å²) in [7, 11) is -3.76. The highest BCUT2D eigenvalue weighted by Crippen LogP contribution is 2.30. The number of sulfonamides is 1. The number of hydrogen-bond donors (Lipinski definition) is 0. The lowest BCUT2D eigenvalue weighted by Gasteiger charge is -2.25. The highest BCUT2D eigenvalue weighted by molar-refractivity contribution is 7.93. The molecule has 0 heterocycles. The molecule has 118 valence electrons. The first kappa shape index (κ1) is 17.1. The van der Waals surface area contributed by atoms with Gasteiger partial charge in [0.05, 0.1) is 10.7 Å². The molecule has 2 rings (SSSR count). The van der Waals surface area contributed by atoms with Crippen molar-refractivity contribution in [3.8, 4) is 0 Å². The fraction of sp³-hybridized carbons (Fsp3) is 0.250. The van der Waals surface area contributed by atoms with Gasteiger partial charge in [-0.3, -0.25) is 4.31 Å². The van der Waals surface area contributed by atoms with Crippen molar-refractivity contribution < 1.29 is 8.42 Å². The Hall–Kier alpha value is -1.23. The van der Waals surface area contributed by atoms with E-state index in [9.17, 15) is 8.42 Å². The minimum absolute atomic E-state index is 0.0293. The van der Waals surface area contributed by atoms with E-state index >= 15 is 0 Å². The molecule has 0 saturated heterocycles. The van der Waals surface area contributed by atoms with Gasteiger partial charge in [-0.05, 0) is 36.8 Å². The molecule has 0 saturated carbocycles. The summed E-state index contributed by atoms with van der Waals surface area (Å²) in [6.07, 6.45) is 1.65. The second kappa shape index (κ2) is 7.36. The lowest BCUT2D eigenvalue weighted by molar-refractivity contribution is 0.589. The summed E-state index contributed by atoms with van der Waals surface area (Å²) < 4.78 is 27.4. The monoisotopic (exact) mass is 357 g/mol. The van der Waals surface area contributed by atoms with Crippen molar-refractivity contribution in [1.82, 2.24) is 0 Å². The number of anilines is 1. The molecule has 6 heteroatoms. The van der Waals surface area contributed by atoms with Crippen LogP contribution in [0.25, 0.3) is 0 Å². The molecular weight excluding hydrogens is 341 g/mol. The van der Waals surface area contributed by atoms with Crippen LogP contribution in [0.2, 0.25) is 10.0 Å². The molecule has 22 heavy (non-hydrogen) atoms. The van der Waals surface area contributed by atoms with Crippen molar-refractivity contribution in [2.24, 2.45) is 0 Å². The lowest BCUT2D eigenvalue weighted by atomic mass is 10.3. The summed E-state index contributed by atoms with van der Waals surface area (Å²) in [5.74, 6) is 0. The molecule has 0 aliphatic carbocycles. The number of halogens is 2. The van der Waals surface area contributed by atoms with Crippen molar-refractivity contribution in [2.45, 2.75) is 24.7 Å². The second-order valence-corrected chi connectivity index (χ2v) is 7.52. The zero-order valence-electron chi connectivity index (χ0n) is 12.2. The molecule has 0 spiro atoms. The van der Waals surface area contributed by atoms with E-state index in [1.165, 1.54) is 16.4 Å². The van der Waals surface area contributed by atoms with E-state index < -0.39 is 10.0 Å². The standard InChI is InChI=1S/C16H17Cl2NO2S/c1-2-3-11-19(14-7-5-4-6-8-14)22(20,21)16-12-13(17)9-10-15(16)18/h4-10,12H,2-3,11H2,1H3. The van der Waals surface area contributed by atoms with Crippen molar-refractivity contribution in [1.29, 1.82) is 0 Å². The lowest BCUT2D eigenvalue weighted by Crippen LogP contribution is -2.32. The largest absolute Gasteiger partial charge is 0.266 e. The first-order valence-electron chi connectivity index (χ1n) is 6.99. The molecule has 0 radical (unpaired) electrons. The van der Waals surface area contributed by atoms with Gasteiger partial charge in [-0.2, -0.15) is 0 Å². The van der Waals surface area contributed by atoms with Gasteiger partial charge in [0.25, 0.3) is 10.0 Å². The zero-order chi connectivity index (χ0) is 16.2. The molecule has 0 aromatic heterocycles. The molecule has 2 aromatic carbocycles. The minimum Gasteiger partial charge on any atom is -0.266 e. The number of para-hydroxylation sites is 1. The summed E-state index contributed by atoms with van der Waals surface area (Å²) in [5, 5.41) is 0.508. The molecule has 0 unspecified atom stereocenters. The Bertz CT molecular complexity index is 733.